The van der Waals surface area contributed by atoms with Gasteiger partial charge in [-0.1, -0.05) is 38.3 Å². The van der Waals surface area contributed by atoms with Crippen LogP contribution in [-0.2, 0) is 22.6 Å². The molecule has 0 atom stereocenters. The SMILES string of the molecule is CCCC(=O)NCCCCCc1nc2ccccc2n1CC(=O)N1CCCCCC1. The van der Waals surface area contributed by atoms with Gasteiger partial charge < -0.3 is 14.8 Å². The Hall–Kier alpha value is -2.37. The van der Waals surface area contributed by atoms with Crippen LogP contribution in [0.4, 0.5) is 0 Å². The Balaban J connectivity index is 1.57. The molecule has 1 aromatic carbocycles. The number of nitrogens with zero attached hydrogens (tertiary/aromatic N) is 3. The summed E-state index contributed by atoms with van der Waals surface area (Å²) in [6, 6.07) is 8.10. The van der Waals surface area contributed by atoms with Crippen molar-refractivity contribution in [2.24, 2.45) is 0 Å². The van der Waals surface area contributed by atoms with Crippen molar-refractivity contribution >= 4 is 22.8 Å². The second kappa shape index (κ2) is 11.7. The van der Waals surface area contributed by atoms with Gasteiger partial charge in [0.15, 0.2) is 0 Å². The fourth-order valence-electron chi connectivity index (χ4n) is 4.18. The largest absolute Gasteiger partial charge is 0.356 e. The monoisotopic (exact) mass is 412 g/mol. The van der Waals surface area contributed by atoms with Crippen LogP contribution in [0, 0.1) is 0 Å². The minimum absolute atomic E-state index is 0.145. The number of aryl methyl sites for hydroxylation is 1. The molecule has 0 aliphatic carbocycles. The summed E-state index contributed by atoms with van der Waals surface area (Å²) < 4.78 is 2.12. The topological polar surface area (TPSA) is 67.2 Å². The summed E-state index contributed by atoms with van der Waals surface area (Å²) in [6.07, 6.45) is 10.0. The molecule has 1 fully saturated rings. The molecular formula is C24H36N4O2. The lowest BCUT2D eigenvalue weighted by molar-refractivity contribution is -0.131. The molecule has 2 aromatic rings. The third kappa shape index (κ3) is 6.31. The molecule has 0 bridgehead atoms. The molecule has 1 aliphatic rings. The van der Waals surface area contributed by atoms with Gasteiger partial charge >= 0.3 is 0 Å². The van der Waals surface area contributed by atoms with Crippen LogP contribution in [0.3, 0.4) is 0 Å². The highest BCUT2D eigenvalue weighted by Gasteiger charge is 2.19. The number of rotatable bonds is 10. The molecule has 0 saturated carbocycles. The molecule has 3 rings (SSSR count). The van der Waals surface area contributed by atoms with Crippen molar-refractivity contribution < 1.29 is 9.59 Å². The summed E-state index contributed by atoms with van der Waals surface area (Å²) in [5, 5.41) is 2.97. The number of hydrogen-bond acceptors (Lipinski definition) is 3. The number of likely N-dealkylation sites (tertiary alicyclic amines) is 1. The predicted octanol–water partition coefficient (Wildman–Crippen LogP) is 4.07. The van der Waals surface area contributed by atoms with Crippen LogP contribution in [0.15, 0.2) is 24.3 Å². The number of amides is 2. The maximum Gasteiger partial charge on any atom is 0.242 e. The van der Waals surface area contributed by atoms with Crippen molar-refractivity contribution in [3.63, 3.8) is 0 Å². The first kappa shape index (κ1) is 22.3. The molecule has 1 N–H and O–H groups in total. The minimum atomic E-state index is 0.145. The second-order valence-corrected chi connectivity index (χ2v) is 8.31. The maximum absolute atomic E-state index is 13.0. The van der Waals surface area contributed by atoms with Gasteiger partial charge in [0, 0.05) is 32.5 Å². The molecule has 30 heavy (non-hydrogen) atoms. The average Bonchev–Trinajstić information content (AvgIpc) is 2.91. The molecule has 1 saturated heterocycles. The molecule has 0 spiro atoms. The quantitative estimate of drug-likeness (QED) is 0.598. The molecule has 6 nitrogen and oxygen atoms in total. The van der Waals surface area contributed by atoms with Gasteiger partial charge in [-0.05, 0) is 44.2 Å². The Labute approximate surface area is 180 Å². The summed E-state index contributed by atoms with van der Waals surface area (Å²) >= 11 is 0. The number of unbranched alkanes of at least 4 members (excludes halogenated alkanes) is 2. The Morgan fingerprint density at radius 3 is 2.57 bits per heavy atom. The van der Waals surface area contributed by atoms with Gasteiger partial charge in [-0.25, -0.2) is 4.98 Å². The number of carbonyl (C=O) groups excluding carboxylic acids is 2. The van der Waals surface area contributed by atoms with Gasteiger partial charge in [0.1, 0.15) is 12.4 Å². The van der Waals surface area contributed by atoms with Gasteiger partial charge in [0.05, 0.1) is 11.0 Å². The minimum Gasteiger partial charge on any atom is -0.356 e. The fourth-order valence-corrected chi connectivity index (χ4v) is 4.18. The highest BCUT2D eigenvalue weighted by Crippen LogP contribution is 2.19. The van der Waals surface area contributed by atoms with Crippen molar-refractivity contribution in [3.8, 4) is 0 Å². The van der Waals surface area contributed by atoms with Gasteiger partial charge in [-0.15, -0.1) is 0 Å². The Morgan fingerprint density at radius 2 is 1.80 bits per heavy atom. The first-order valence-electron chi connectivity index (χ1n) is 11.7. The number of benzene rings is 1. The summed E-state index contributed by atoms with van der Waals surface area (Å²) in [5.74, 6) is 1.35. The Bertz CT molecular complexity index is 822. The smallest absolute Gasteiger partial charge is 0.242 e. The van der Waals surface area contributed by atoms with Crippen molar-refractivity contribution in [1.82, 2.24) is 19.8 Å². The van der Waals surface area contributed by atoms with Crippen LogP contribution in [0.5, 0.6) is 0 Å². The molecule has 1 aromatic heterocycles. The van der Waals surface area contributed by atoms with E-state index in [2.05, 4.69) is 16.0 Å². The maximum atomic E-state index is 13.0. The van der Waals surface area contributed by atoms with E-state index in [9.17, 15) is 9.59 Å². The van der Waals surface area contributed by atoms with Crippen LogP contribution in [0.1, 0.15) is 70.5 Å². The number of fused-ring (bicyclic) bond motifs is 1. The van der Waals surface area contributed by atoms with E-state index in [0.29, 0.717) is 13.0 Å². The predicted molar refractivity (Wildman–Crippen MR) is 120 cm³/mol. The third-order valence-corrected chi connectivity index (χ3v) is 5.86. The normalized spacial score (nSPS) is 14.6. The number of hydrogen-bond donors (Lipinski definition) is 1. The molecule has 1 aliphatic heterocycles. The molecule has 0 radical (unpaired) electrons. The first-order valence-corrected chi connectivity index (χ1v) is 11.7. The van der Waals surface area contributed by atoms with E-state index in [1.807, 2.05) is 30.0 Å². The molecule has 0 unspecified atom stereocenters. The highest BCUT2D eigenvalue weighted by molar-refractivity contribution is 5.81. The van der Waals surface area contributed by atoms with Crippen molar-refractivity contribution in [1.29, 1.82) is 0 Å². The Morgan fingerprint density at radius 1 is 1.03 bits per heavy atom. The fraction of sp³-hybridized carbons (Fsp3) is 0.625. The standard InChI is InChI=1S/C24H36N4O2/c1-2-12-23(29)25-16-9-5-6-15-22-26-20-13-7-8-14-21(20)28(22)19-24(30)27-17-10-3-4-11-18-27/h7-8,13-14H,2-6,9-12,15-19H2,1H3,(H,25,29). The lowest BCUT2D eigenvalue weighted by atomic mass is 10.2. The van der Waals surface area contributed by atoms with Crippen molar-refractivity contribution in [2.45, 2.75) is 77.7 Å². The third-order valence-electron chi connectivity index (χ3n) is 5.86. The van der Waals surface area contributed by atoms with Crippen LogP contribution >= 0.6 is 0 Å². The van der Waals surface area contributed by atoms with Crippen LogP contribution < -0.4 is 5.32 Å². The molecular weight excluding hydrogens is 376 g/mol. The first-order chi connectivity index (χ1) is 14.7. The number of carbonyl (C=O) groups is 2. The molecule has 2 amide bonds. The number of nitrogens with one attached hydrogen (secondary N) is 1. The zero-order chi connectivity index (χ0) is 21.2. The zero-order valence-corrected chi connectivity index (χ0v) is 18.4. The van der Waals surface area contributed by atoms with E-state index in [1.54, 1.807) is 0 Å². The van der Waals surface area contributed by atoms with Crippen LogP contribution in [0.25, 0.3) is 11.0 Å². The Kier molecular flexibility index (Phi) is 8.72. The van der Waals surface area contributed by atoms with Crippen LogP contribution in [-0.4, -0.2) is 45.9 Å². The molecule has 2 heterocycles. The summed E-state index contributed by atoms with van der Waals surface area (Å²) in [6.45, 7) is 4.89. The molecule has 6 heteroatoms. The summed E-state index contributed by atoms with van der Waals surface area (Å²) in [4.78, 5) is 31.4. The van der Waals surface area contributed by atoms with Gasteiger partial charge in [0.25, 0.3) is 0 Å². The van der Waals surface area contributed by atoms with Crippen LogP contribution in [0.2, 0.25) is 0 Å². The van der Waals surface area contributed by atoms with Gasteiger partial charge in [-0.3, -0.25) is 9.59 Å². The number of imidazole rings is 1. The zero-order valence-electron chi connectivity index (χ0n) is 18.4. The average molecular weight is 413 g/mol. The van der Waals surface area contributed by atoms with Crippen molar-refractivity contribution in [2.75, 3.05) is 19.6 Å². The van der Waals surface area contributed by atoms with E-state index in [0.717, 1.165) is 81.4 Å². The second-order valence-electron chi connectivity index (χ2n) is 8.31. The lowest BCUT2D eigenvalue weighted by Gasteiger charge is -2.21. The summed E-state index contributed by atoms with van der Waals surface area (Å²) in [5.41, 5.74) is 2.01. The van der Waals surface area contributed by atoms with Gasteiger partial charge in [-0.2, -0.15) is 0 Å². The van der Waals surface area contributed by atoms with E-state index >= 15 is 0 Å². The van der Waals surface area contributed by atoms with E-state index in [1.165, 1.54) is 12.8 Å². The van der Waals surface area contributed by atoms with E-state index in [4.69, 9.17) is 4.98 Å². The van der Waals surface area contributed by atoms with Gasteiger partial charge in [0.2, 0.25) is 11.8 Å². The highest BCUT2D eigenvalue weighted by atomic mass is 16.2. The lowest BCUT2D eigenvalue weighted by Crippen LogP contribution is -2.34. The number of para-hydroxylation sites is 2. The summed E-state index contributed by atoms with van der Waals surface area (Å²) in [7, 11) is 0. The molecule has 164 valence electrons. The van der Waals surface area contributed by atoms with E-state index < -0.39 is 0 Å². The number of aromatic nitrogens is 2. The van der Waals surface area contributed by atoms with Crippen molar-refractivity contribution in [3.05, 3.63) is 30.1 Å². The van der Waals surface area contributed by atoms with E-state index in [-0.39, 0.29) is 11.8 Å².